The number of carbonyl (C=O) groups is 1. The van der Waals surface area contributed by atoms with E-state index in [2.05, 4.69) is 10.6 Å². The van der Waals surface area contributed by atoms with Crippen LogP contribution >= 0.6 is 0 Å². The zero-order valence-electron chi connectivity index (χ0n) is 11.1. The first-order valence-corrected chi connectivity index (χ1v) is 6.02. The van der Waals surface area contributed by atoms with Crippen molar-refractivity contribution in [2.45, 2.75) is 32.8 Å². The Morgan fingerprint density at radius 2 is 2.11 bits per heavy atom. The van der Waals surface area contributed by atoms with Gasteiger partial charge in [-0.25, -0.2) is 13.6 Å². The molecule has 104 valence electrons. The summed E-state index contributed by atoms with van der Waals surface area (Å²) in [7, 11) is 0. The van der Waals surface area contributed by atoms with Crippen LogP contribution in [-0.4, -0.2) is 18.2 Å². The molecule has 19 heavy (non-hydrogen) atoms. The van der Waals surface area contributed by atoms with Crippen molar-refractivity contribution in [2.24, 2.45) is 0 Å². The van der Waals surface area contributed by atoms with Crippen LogP contribution in [0.5, 0.6) is 0 Å². The van der Waals surface area contributed by atoms with Crippen LogP contribution in [0.1, 0.15) is 26.3 Å². The highest BCUT2D eigenvalue weighted by Gasteiger charge is 2.24. The average Bonchev–Trinajstić information content (AvgIpc) is 2.71. The standard InChI is InChI=1S/C13H16F2N2O2/c1-13(2,3)19-12(18)17-9-6-8(14)10(15)7-4-5-16-11(7)9/h6,16H,4-5H2,1-3H3,(H,17,18). The number of hydrogen-bond donors (Lipinski definition) is 2. The van der Waals surface area contributed by atoms with Gasteiger partial charge < -0.3 is 10.1 Å². The molecule has 4 nitrogen and oxygen atoms in total. The zero-order chi connectivity index (χ0) is 14.2. The second-order valence-corrected chi connectivity index (χ2v) is 5.38. The maximum Gasteiger partial charge on any atom is 0.412 e. The van der Waals surface area contributed by atoms with Gasteiger partial charge in [-0.2, -0.15) is 0 Å². The number of nitrogens with one attached hydrogen (secondary N) is 2. The van der Waals surface area contributed by atoms with Gasteiger partial charge in [0.1, 0.15) is 5.60 Å². The number of carbonyl (C=O) groups excluding carboxylic acids is 1. The van der Waals surface area contributed by atoms with E-state index in [4.69, 9.17) is 4.74 Å². The molecule has 0 spiro atoms. The van der Waals surface area contributed by atoms with Crippen LogP contribution in [0.25, 0.3) is 0 Å². The highest BCUT2D eigenvalue weighted by Crippen LogP contribution is 2.34. The van der Waals surface area contributed by atoms with E-state index in [1.807, 2.05) is 0 Å². The summed E-state index contributed by atoms with van der Waals surface area (Å²) in [6.45, 7) is 5.68. The lowest BCUT2D eigenvalue weighted by molar-refractivity contribution is 0.0636. The molecule has 1 aromatic rings. The molecule has 0 radical (unpaired) electrons. The van der Waals surface area contributed by atoms with E-state index in [9.17, 15) is 13.6 Å². The van der Waals surface area contributed by atoms with Gasteiger partial charge in [-0.3, -0.25) is 5.32 Å². The van der Waals surface area contributed by atoms with Gasteiger partial charge in [0.25, 0.3) is 0 Å². The molecule has 2 N–H and O–H groups in total. The van der Waals surface area contributed by atoms with Gasteiger partial charge in [0.05, 0.1) is 11.4 Å². The molecule has 0 aliphatic carbocycles. The lowest BCUT2D eigenvalue weighted by Crippen LogP contribution is -2.27. The van der Waals surface area contributed by atoms with Crippen molar-refractivity contribution < 1.29 is 18.3 Å². The summed E-state index contributed by atoms with van der Waals surface area (Å²) in [5.74, 6) is -1.84. The van der Waals surface area contributed by atoms with Crippen LogP contribution in [0.15, 0.2) is 6.07 Å². The van der Waals surface area contributed by atoms with Crippen LogP contribution < -0.4 is 10.6 Å². The van der Waals surface area contributed by atoms with Gasteiger partial charge in [0.15, 0.2) is 11.6 Å². The Bertz CT molecular complexity index is 524. The average molecular weight is 270 g/mol. The van der Waals surface area contributed by atoms with Gasteiger partial charge in [0.2, 0.25) is 0 Å². The molecule has 0 unspecified atom stereocenters. The summed E-state index contributed by atoms with van der Waals surface area (Å²) in [5.41, 5.74) is 0.218. The molecule has 1 aliphatic heterocycles. The van der Waals surface area contributed by atoms with E-state index < -0.39 is 23.3 Å². The van der Waals surface area contributed by atoms with E-state index in [0.29, 0.717) is 18.7 Å². The molecule has 2 rings (SSSR count). The van der Waals surface area contributed by atoms with Gasteiger partial charge in [-0.05, 0) is 27.2 Å². The molecular weight excluding hydrogens is 254 g/mol. The topological polar surface area (TPSA) is 50.4 Å². The summed E-state index contributed by atoms with van der Waals surface area (Å²) in [5, 5.41) is 5.36. The van der Waals surface area contributed by atoms with Gasteiger partial charge in [-0.1, -0.05) is 0 Å². The Labute approximate surface area is 110 Å². The fourth-order valence-electron chi connectivity index (χ4n) is 1.94. The first-order valence-electron chi connectivity index (χ1n) is 6.02. The van der Waals surface area contributed by atoms with E-state index in [1.54, 1.807) is 20.8 Å². The first-order chi connectivity index (χ1) is 8.78. The summed E-state index contributed by atoms with van der Waals surface area (Å²) in [6, 6.07) is 0.955. The van der Waals surface area contributed by atoms with E-state index in [-0.39, 0.29) is 11.3 Å². The maximum absolute atomic E-state index is 13.5. The molecule has 0 bridgehead atoms. The van der Waals surface area contributed by atoms with Gasteiger partial charge in [-0.15, -0.1) is 0 Å². The van der Waals surface area contributed by atoms with Crippen LogP contribution in [0.3, 0.4) is 0 Å². The lowest BCUT2D eigenvalue weighted by atomic mass is 10.1. The second-order valence-electron chi connectivity index (χ2n) is 5.38. The zero-order valence-corrected chi connectivity index (χ0v) is 11.1. The molecule has 1 heterocycles. The third-order valence-electron chi connectivity index (χ3n) is 2.63. The number of ether oxygens (including phenoxy) is 1. The summed E-state index contributed by atoms with van der Waals surface area (Å²) < 4.78 is 32.0. The quantitative estimate of drug-likeness (QED) is 0.823. The Kier molecular flexibility index (Phi) is 3.34. The van der Waals surface area contributed by atoms with E-state index >= 15 is 0 Å². The monoisotopic (exact) mass is 270 g/mol. The summed E-state index contributed by atoms with van der Waals surface area (Å²) in [6.07, 6.45) is -0.309. The second kappa shape index (κ2) is 4.68. The Balaban J connectivity index is 2.25. The number of hydrogen-bond acceptors (Lipinski definition) is 3. The van der Waals surface area contributed by atoms with Crippen molar-refractivity contribution in [3.05, 3.63) is 23.3 Å². The molecule has 1 aliphatic rings. The molecule has 1 amide bonds. The number of fused-ring (bicyclic) bond motifs is 1. The minimum absolute atomic E-state index is 0.195. The van der Waals surface area contributed by atoms with Crippen molar-refractivity contribution in [1.82, 2.24) is 0 Å². The number of halogens is 2. The third-order valence-corrected chi connectivity index (χ3v) is 2.63. The van der Waals surface area contributed by atoms with Crippen LogP contribution in [0.2, 0.25) is 0 Å². The maximum atomic E-state index is 13.5. The molecule has 0 atom stereocenters. The van der Waals surface area contributed by atoms with Crippen LogP contribution in [0.4, 0.5) is 25.0 Å². The molecule has 6 heteroatoms. The summed E-state index contributed by atoms with van der Waals surface area (Å²) in [4.78, 5) is 11.6. The van der Waals surface area contributed by atoms with Crippen LogP contribution in [-0.2, 0) is 11.2 Å². The Morgan fingerprint density at radius 1 is 1.42 bits per heavy atom. The van der Waals surface area contributed by atoms with Crippen molar-refractivity contribution >= 4 is 17.5 Å². The van der Waals surface area contributed by atoms with E-state index in [1.165, 1.54) is 0 Å². The highest BCUT2D eigenvalue weighted by molar-refractivity contribution is 5.91. The van der Waals surface area contributed by atoms with Crippen LogP contribution in [0, 0.1) is 11.6 Å². The first kappa shape index (κ1) is 13.6. The van der Waals surface area contributed by atoms with Crippen molar-refractivity contribution in [2.75, 3.05) is 17.2 Å². The number of amides is 1. The minimum Gasteiger partial charge on any atom is -0.444 e. The fraction of sp³-hybridized carbons (Fsp3) is 0.462. The van der Waals surface area contributed by atoms with Crippen molar-refractivity contribution in [3.63, 3.8) is 0 Å². The SMILES string of the molecule is CC(C)(C)OC(=O)Nc1cc(F)c(F)c2c1NCC2. The smallest absolute Gasteiger partial charge is 0.412 e. The Hall–Kier alpha value is -1.85. The largest absolute Gasteiger partial charge is 0.444 e. The Morgan fingerprint density at radius 3 is 2.74 bits per heavy atom. The van der Waals surface area contributed by atoms with Gasteiger partial charge >= 0.3 is 6.09 Å². The lowest BCUT2D eigenvalue weighted by Gasteiger charge is -2.20. The number of rotatable bonds is 1. The van der Waals surface area contributed by atoms with Crippen molar-refractivity contribution in [3.8, 4) is 0 Å². The molecule has 0 fully saturated rings. The molecule has 0 saturated carbocycles. The fourth-order valence-corrected chi connectivity index (χ4v) is 1.94. The molecule has 0 saturated heterocycles. The molecule has 0 aromatic heterocycles. The molecule has 1 aromatic carbocycles. The number of anilines is 2. The number of benzene rings is 1. The molecular formula is C13H16F2N2O2. The third kappa shape index (κ3) is 2.94. The predicted molar refractivity (Wildman–Crippen MR) is 68.4 cm³/mol. The normalized spacial score (nSPS) is 13.7. The van der Waals surface area contributed by atoms with Gasteiger partial charge in [0, 0.05) is 18.2 Å². The summed E-state index contributed by atoms with van der Waals surface area (Å²) >= 11 is 0. The van der Waals surface area contributed by atoms with Crippen molar-refractivity contribution in [1.29, 1.82) is 0 Å². The van der Waals surface area contributed by atoms with E-state index in [0.717, 1.165) is 6.07 Å². The predicted octanol–water partition coefficient (Wildman–Crippen LogP) is 3.28. The minimum atomic E-state index is -0.978. The highest BCUT2D eigenvalue weighted by atomic mass is 19.2.